The summed E-state index contributed by atoms with van der Waals surface area (Å²) in [6.45, 7) is 5.45. The van der Waals surface area contributed by atoms with Crippen LogP contribution >= 0.6 is 0 Å². The Morgan fingerprint density at radius 1 is 1.26 bits per heavy atom. The van der Waals surface area contributed by atoms with Gasteiger partial charge >= 0.3 is 0 Å². The van der Waals surface area contributed by atoms with Crippen LogP contribution in [0.15, 0.2) is 0 Å². The molecule has 1 aliphatic heterocycles. The van der Waals surface area contributed by atoms with Crippen LogP contribution in [0.2, 0.25) is 0 Å². The van der Waals surface area contributed by atoms with Crippen LogP contribution in [0, 0.1) is 0 Å². The standard InChI is InChI=1S/C12H27N3O3S/c1-4-15-9-6-12(7-10-15)14(3)19(17,18)13(2)8-5-11-16/h12,16H,4-11H2,1-3H3. The van der Waals surface area contributed by atoms with Crippen molar-refractivity contribution in [2.45, 2.75) is 32.2 Å². The van der Waals surface area contributed by atoms with Gasteiger partial charge in [0.2, 0.25) is 0 Å². The number of nitrogens with zero attached hydrogens (tertiary/aromatic N) is 3. The van der Waals surface area contributed by atoms with Gasteiger partial charge < -0.3 is 10.0 Å². The van der Waals surface area contributed by atoms with E-state index < -0.39 is 10.2 Å². The van der Waals surface area contributed by atoms with Crippen molar-refractivity contribution >= 4 is 10.2 Å². The average molecular weight is 293 g/mol. The Morgan fingerprint density at radius 2 is 1.84 bits per heavy atom. The number of aliphatic hydroxyl groups is 1. The first-order valence-corrected chi connectivity index (χ1v) is 8.35. The van der Waals surface area contributed by atoms with Crippen LogP contribution in [0.4, 0.5) is 0 Å². The van der Waals surface area contributed by atoms with Crippen LogP contribution in [-0.4, -0.2) is 80.0 Å². The van der Waals surface area contributed by atoms with E-state index in [9.17, 15) is 8.42 Å². The molecule has 0 saturated carbocycles. The van der Waals surface area contributed by atoms with Crippen molar-refractivity contribution < 1.29 is 13.5 Å². The molecule has 1 fully saturated rings. The van der Waals surface area contributed by atoms with Gasteiger partial charge in [-0.2, -0.15) is 17.0 Å². The molecule has 1 saturated heterocycles. The van der Waals surface area contributed by atoms with Crippen molar-refractivity contribution in [1.82, 2.24) is 13.5 Å². The summed E-state index contributed by atoms with van der Waals surface area (Å²) in [6, 6.07) is 0.0874. The molecule has 1 heterocycles. The van der Waals surface area contributed by atoms with Crippen LogP contribution in [0.5, 0.6) is 0 Å². The number of hydrogen-bond donors (Lipinski definition) is 1. The van der Waals surface area contributed by atoms with Crippen molar-refractivity contribution in [1.29, 1.82) is 0 Å². The summed E-state index contributed by atoms with van der Waals surface area (Å²) in [5, 5.41) is 8.78. The van der Waals surface area contributed by atoms with Crippen LogP contribution in [0.3, 0.4) is 0 Å². The Morgan fingerprint density at radius 3 is 2.32 bits per heavy atom. The lowest BCUT2D eigenvalue weighted by molar-refractivity contribution is 0.172. The fraction of sp³-hybridized carbons (Fsp3) is 1.00. The number of piperidine rings is 1. The first-order valence-electron chi connectivity index (χ1n) is 6.96. The third kappa shape index (κ3) is 4.39. The van der Waals surface area contributed by atoms with E-state index in [0.717, 1.165) is 32.5 Å². The van der Waals surface area contributed by atoms with Crippen molar-refractivity contribution in [2.75, 3.05) is 46.9 Å². The highest BCUT2D eigenvalue weighted by molar-refractivity contribution is 7.86. The smallest absolute Gasteiger partial charge is 0.281 e. The van der Waals surface area contributed by atoms with E-state index in [1.165, 1.54) is 8.61 Å². The van der Waals surface area contributed by atoms with Crippen LogP contribution in [0.25, 0.3) is 0 Å². The lowest BCUT2D eigenvalue weighted by atomic mass is 10.1. The summed E-state index contributed by atoms with van der Waals surface area (Å²) in [6.07, 6.45) is 2.24. The van der Waals surface area contributed by atoms with E-state index in [2.05, 4.69) is 11.8 Å². The highest BCUT2D eigenvalue weighted by Gasteiger charge is 2.31. The molecule has 0 amide bonds. The van der Waals surface area contributed by atoms with Gasteiger partial charge in [-0.25, -0.2) is 0 Å². The predicted octanol–water partition coefficient (Wildman–Crippen LogP) is -0.0385. The van der Waals surface area contributed by atoms with Crippen molar-refractivity contribution in [3.05, 3.63) is 0 Å². The molecule has 0 unspecified atom stereocenters. The molecule has 0 aromatic rings. The lowest BCUT2D eigenvalue weighted by Crippen LogP contribution is -2.49. The van der Waals surface area contributed by atoms with E-state index in [1.54, 1.807) is 14.1 Å². The molecule has 7 heteroatoms. The molecule has 0 aromatic heterocycles. The zero-order valence-electron chi connectivity index (χ0n) is 12.2. The summed E-state index contributed by atoms with van der Waals surface area (Å²) >= 11 is 0. The van der Waals surface area contributed by atoms with E-state index >= 15 is 0 Å². The summed E-state index contributed by atoms with van der Waals surface area (Å²) in [5.74, 6) is 0. The van der Waals surface area contributed by atoms with Crippen molar-refractivity contribution in [3.8, 4) is 0 Å². The molecule has 114 valence electrons. The van der Waals surface area contributed by atoms with Crippen LogP contribution in [0.1, 0.15) is 26.2 Å². The maximum Gasteiger partial charge on any atom is 0.281 e. The van der Waals surface area contributed by atoms with Gasteiger partial charge in [0.15, 0.2) is 0 Å². The van der Waals surface area contributed by atoms with Gasteiger partial charge in [-0.05, 0) is 38.9 Å². The lowest BCUT2D eigenvalue weighted by Gasteiger charge is -2.37. The van der Waals surface area contributed by atoms with Gasteiger partial charge in [-0.1, -0.05) is 6.92 Å². The second-order valence-corrected chi connectivity index (χ2v) is 7.18. The monoisotopic (exact) mass is 293 g/mol. The number of hydrogen-bond acceptors (Lipinski definition) is 4. The summed E-state index contributed by atoms with van der Waals surface area (Å²) < 4.78 is 27.5. The predicted molar refractivity (Wildman–Crippen MR) is 76.2 cm³/mol. The molecular formula is C12H27N3O3S. The van der Waals surface area contributed by atoms with Gasteiger partial charge in [0.25, 0.3) is 10.2 Å². The molecule has 0 spiro atoms. The molecule has 0 aromatic carbocycles. The van der Waals surface area contributed by atoms with Crippen LogP contribution in [-0.2, 0) is 10.2 Å². The van der Waals surface area contributed by atoms with Gasteiger partial charge in [0.05, 0.1) is 0 Å². The first kappa shape index (κ1) is 16.8. The third-order valence-corrected chi connectivity index (χ3v) is 5.90. The minimum Gasteiger partial charge on any atom is -0.396 e. The molecule has 0 radical (unpaired) electrons. The zero-order chi connectivity index (χ0) is 14.5. The quantitative estimate of drug-likeness (QED) is 0.715. The summed E-state index contributed by atoms with van der Waals surface area (Å²) in [4.78, 5) is 2.34. The molecule has 0 aliphatic carbocycles. The second-order valence-electron chi connectivity index (χ2n) is 5.09. The molecule has 19 heavy (non-hydrogen) atoms. The van der Waals surface area contributed by atoms with Crippen molar-refractivity contribution in [2.24, 2.45) is 0 Å². The SMILES string of the molecule is CCN1CCC(N(C)S(=O)(=O)N(C)CCCO)CC1. The van der Waals surface area contributed by atoms with E-state index in [-0.39, 0.29) is 12.6 Å². The molecule has 0 atom stereocenters. The second kappa shape index (κ2) is 7.54. The maximum absolute atomic E-state index is 12.3. The molecule has 1 N–H and O–H groups in total. The summed E-state index contributed by atoms with van der Waals surface area (Å²) in [7, 11) is -0.162. The Hall–Kier alpha value is -0.210. The number of aliphatic hydroxyl groups excluding tert-OH is 1. The Balaban J connectivity index is 2.58. The number of likely N-dealkylation sites (tertiary alicyclic amines) is 1. The number of rotatable bonds is 7. The Labute approximate surface area is 117 Å². The Kier molecular flexibility index (Phi) is 6.68. The van der Waals surface area contributed by atoms with E-state index in [0.29, 0.717) is 13.0 Å². The minimum absolute atomic E-state index is 0.0124. The topological polar surface area (TPSA) is 64.1 Å². The zero-order valence-corrected chi connectivity index (χ0v) is 13.1. The van der Waals surface area contributed by atoms with Gasteiger partial charge in [-0.3, -0.25) is 0 Å². The van der Waals surface area contributed by atoms with E-state index in [1.807, 2.05) is 0 Å². The first-order chi connectivity index (χ1) is 8.93. The normalized spacial score (nSPS) is 19.5. The molecule has 1 aliphatic rings. The van der Waals surface area contributed by atoms with Gasteiger partial charge in [0.1, 0.15) is 0 Å². The van der Waals surface area contributed by atoms with Gasteiger partial charge in [0, 0.05) is 33.3 Å². The fourth-order valence-electron chi connectivity index (χ4n) is 2.42. The molecule has 1 rings (SSSR count). The minimum atomic E-state index is -3.40. The van der Waals surface area contributed by atoms with Crippen LogP contribution < -0.4 is 0 Å². The third-order valence-electron chi connectivity index (χ3n) is 3.91. The molecule has 0 bridgehead atoms. The highest BCUT2D eigenvalue weighted by Crippen LogP contribution is 2.19. The van der Waals surface area contributed by atoms with Crippen molar-refractivity contribution in [3.63, 3.8) is 0 Å². The molecular weight excluding hydrogens is 266 g/mol. The fourth-order valence-corrected chi connectivity index (χ4v) is 3.80. The molecule has 6 nitrogen and oxygen atoms in total. The maximum atomic E-state index is 12.3. The van der Waals surface area contributed by atoms with E-state index in [4.69, 9.17) is 5.11 Å². The summed E-state index contributed by atoms with van der Waals surface area (Å²) in [5.41, 5.74) is 0. The van der Waals surface area contributed by atoms with Gasteiger partial charge in [-0.15, -0.1) is 0 Å². The highest BCUT2D eigenvalue weighted by atomic mass is 32.2. The largest absolute Gasteiger partial charge is 0.396 e. The Bertz CT molecular complexity index is 353. The average Bonchev–Trinajstić information content (AvgIpc) is 2.43.